The lowest BCUT2D eigenvalue weighted by Crippen LogP contribution is -2.34. The molecule has 0 bridgehead atoms. The highest BCUT2D eigenvalue weighted by molar-refractivity contribution is 5.99. The maximum atomic E-state index is 14.2. The number of nitrogens with zero attached hydrogens (tertiary/aromatic N) is 1. The van der Waals surface area contributed by atoms with Crippen molar-refractivity contribution in [2.75, 3.05) is 13.7 Å². The van der Waals surface area contributed by atoms with Crippen LogP contribution in [0.2, 0.25) is 0 Å². The van der Waals surface area contributed by atoms with Crippen LogP contribution in [0.4, 0.5) is 4.39 Å². The molecule has 6 heteroatoms. The van der Waals surface area contributed by atoms with Gasteiger partial charge in [0, 0.05) is 19.2 Å². The highest BCUT2D eigenvalue weighted by Gasteiger charge is 2.34. The third-order valence-electron chi connectivity index (χ3n) is 6.47. The summed E-state index contributed by atoms with van der Waals surface area (Å²) >= 11 is 0. The number of phenolic OH excluding ortho intramolecular Hbond substituents is 1. The van der Waals surface area contributed by atoms with Crippen LogP contribution < -0.4 is 9.47 Å². The van der Waals surface area contributed by atoms with Crippen LogP contribution in [0, 0.1) is 17.7 Å². The van der Waals surface area contributed by atoms with E-state index in [0.29, 0.717) is 30.5 Å². The van der Waals surface area contributed by atoms with Crippen LogP contribution in [0.1, 0.15) is 48.5 Å². The van der Waals surface area contributed by atoms with Gasteiger partial charge in [0.15, 0.2) is 11.6 Å². The smallest absolute Gasteiger partial charge is 0.257 e. The van der Waals surface area contributed by atoms with Gasteiger partial charge in [0.2, 0.25) is 0 Å². The first-order valence-corrected chi connectivity index (χ1v) is 10.6. The molecule has 2 aliphatic rings. The Bertz CT molecular complexity index is 923. The number of hydrogen-bond acceptors (Lipinski definition) is 4. The molecule has 0 aromatic heterocycles. The average Bonchev–Trinajstić information content (AvgIpc) is 3.07. The maximum Gasteiger partial charge on any atom is 0.257 e. The minimum absolute atomic E-state index is 0.0315. The third-order valence-corrected chi connectivity index (χ3v) is 6.47. The van der Waals surface area contributed by atoms with Crippen LogP contribution in [-0.2, 0) is 6.54 Å². The molecule has 160 valence electrons. The number of carbonyl (C=O) groups excluding carboxylic acids is 1. The average molecular weight is 413 g/mol. The highest BCUT2D eigenvalue weighted by atomic mass is 19.1. The number of halogens is 1. The molecule has 4 rings (SSSR count). The van der Waals surface area contributed by atoms with Crippen LogP contribution in [0.5, 0.6) is 17.2 Å². The van der Waals surface area contributed by atoms with Crippen molar-refractivity contribution in [2.24, 2.45) is 11.8 Å². The second kappa shape index (κ2) is 8.54. The van der Waals surface area contributed by atoms with E-state index in [-0.39, 0.29) is 17.6 Å². The second-order valence-electron chi connectivity index (χ2n) is 8.40. The number of aromatic hydroxyl groups is 1. The van der Waals surface area contributed by atoms with Gasteiger partial charge in [0.05, 0.1) is 18.8 Å². The molecule has 1 atom stereocenters. The molecule has 0 spiro atoms. The van der Waals surface area contributed by atoms with Crippen LogP contribution in [0.25, 0.3) is 0 Å². The van der Waals surface area contributed by atoms with E-state index in [1.165, 1.54) is 6.07 Å². The zero-order valence-electron chi connectivity index (χ0n) is 17.4. The second-order valence-corrected chi connectivity index (χ2v) is 8.40. The minimum Gasteiger partial charge on any atom is -0.505 e. The van der Waals surface area contributed by atoms with Gasteiger partial charge >= 0.3 is 0 Å². The lowest BCUT2D eigenvalue weighted by Gasteiger charge is -2.34. The number of benzene rings is 2. The number of rotatable bonds is 6. The van der Waals surface area contributed by atoms with Crippen molar-refractivity contribution in [2.45, 2.75) is 45.3 Å². The largest absolute Gasteiger partial charge is 0.505 e. The lowest BCUT2D eigenvalue weighted by atomic mass is 9.79. The van der Waals surface area contributed by atoms with E-state index in [2.05, 4.69) is 6.92 Å². The Labute approximate surface area is 176 Å². The van der Waals surface area contributed by atoms with Gasteiger partial charge in [-0.1, -0.05) is 12.1 Å². The Morgan fingerprint density at radius 1 is 1.17 bits per heavy atom. The van der Waals surface area contributed by atoms with E-state index in [4.69, 9.17) is 9.47 Å². The quantitative estimate of drug-likeness (QED) is 0.741. The minimum atomic E-state index is -0.799. The lowest BCUT2D eigenvalue weighted by molar-refractivity contribution is 0.0682. The van der Waals surface area contributed by atoms with Gasteiger partial charge < -0.3 is 19.5 Å². The Balaban J connectivity index is 1.30. The fraction of sp³-hybridized carbons (Fsp3) is 0.458. The third kappa shape index (κ3) is 4.09. The summed E-state index contributed by atoms with van der Waals surface area (Å²) in [6.07, 6.45) is 4.22. The number of phenols is 1. The molecule has 1 amide bonds. The summed E-state index contributed by atoms with van der Waals surface area (Å²) < 4.78 is 25.5. The molecule has 1 N–H and O–H groups in total. The summed E-state index contributed by atoms with van der Waals surface area (Å²) in [5.74, 6) is 0.893. The van der Waals surface area contributed by atoms with Crippen molar-refractivity contribution in [3.63, 3.8) is 0 Å². The molecule has 1 aliphatic heterocycles. The van der Waals surface area contributed by atoms with Gasteiger partial charge in [0.25, 0.3) is 5.91 Å². The number of fused-ring (bicyclic) bond motifs is 1. The SMILES string of the molecule is COc1cccc(OC(C)C2CCC(CN3Cc4ccc(O)c(F)c4C3=O)CC2)c1. The Kier molecular flexibility index (Phi) is 5.84. The van der Waals surface area contributed by atoms with Crippen LogP contribution in [-0.4, -0.2) is 35.7 Å². The van der Waals surface area contributed by atoms with Gasteiger partial charge in [0.1, 0.15) is 11.5 Å². The molecule has 2 aromatic carbocycles. The van der Waals surface area contributed by atoms with E-state index in [1.807, 2.05) is 24.3 Å². The summed E-state index contributed by atoms with van der Waals surface area (Å²) in [4.78, 5) is 14.3. The van der Waals surface area contributed by atoms with E-state index >= 15 is 0 Å². The van der Waals surface area contributed by atoms with Gasteiger partial charge in [-0.15, -0.1) is 0 Å². The van der Waals surface area contributed by atoms with E-state index in [1.54, 1.807) is 18.1 Å². The maximum absolute atomic E-state index is 14.2. The first kappa shape index (κ1) is 20.5. The van der Waals surface area contributed by atoms with Crippen molar-refractivity contribution in [3.05, 3.63) is 53.3 Å². The van der Waals surface area contributed by atoms with Gasteiger partial charge in [-0.3, -0.25) is 4.79 Å². The number of hydrogen-bond donors (Lipinski definition) is 1. The molecular formula is C24H28FNO4. The summed E-state index contributed by atoms with van der Waals surface area (Å²) in [5.41, 5.74) is 0.688. The molecule has 1 saturated carbocycles. The summed E-state index contributed by atoms with van der Waals surface area (Å²) in [6.45, 7) is 3.16. The number of amides is 1. The zero-order chi connectivity index (χ0) is 21.3. The van der Waals surface area contributed by atoms with Gasteiger partial charge in [-0.2, -0.15) is 0 Å². The van der Waals surface area contributed by atoms with Crippen molar-refractivity contribution in [3.8, 4) is 17.2 Å². The molecule has 1 unspecified atom stereocenters. The topological polar surface area (TPSA) is 59.0 Å². The fourth-order valence-corrected chi connectivity index (χ4v) is 4.69. The van der Waals surface area contributed by atoms with Crippen molar-refractivity contribution in [1.82, 2.24) is 4.90 Å². The van der Waals surface area contributed by atoms with Gasteiger partial charge in [-0.25, -0.2) is 4.39 Å². The predicted octanol–water partition coefficient (Wildman–Crippen LogP) is 4.77. The molecule has 0 radical (unpaired) electrons. The summed E-state index contributed by atoms with van der Waals surface area (Å²) in [5, 5.41) is 9.56. The molecule has 1 heterocycles. The highest BCUT2D eigenvalue weighted by Crippen LogP contribution is 2.36. The van der Waals surface area contributed by atoms with Gasteiger partial charge in [-0.05, 0) is 68.2 Å². The molecule has 2 aromatic rings. The van der Waals surface area contributed by atoms with Crippen molar-refractivity contribution < 1.29 is 23.8 Å². The Morgan fingerprint density at radius 3 is 2.63 bits per heavy atom. The molecule has 1 aliphatic carbocycles. The fourth-order valence-electron chi connectivity index (χ4n) is 4.69. The molecule has 1 fully saturated rings. The van der Waals surface area contributed by atoms with Crippen molar-refractivity contribution in [1.29, 1.82) is 0 Å². The summed E-state index contributed by atoms with van der Waals surface area (Å²) in [6, 6.07) is 10.6. The number of methoxy groups -OCH3 is 1. The molecule has 5 nitrogen and oxygen atoms in total. The molecule has 30 heavy (non-hydrogen) atoms. The monoisotopic (exact) mass is 413 g/mol. The van der Waals surface area contributed by atoms with E-state index in [0.717, 1.165) is 37.2 Å². The Morgan fingerprint density at radius 2 is 1.90 bits per heavy atom. The zero-order valence-corrected chi connectivity index (χ0v) is 17.4. The Hall–Kier alpha value is -2.76. The van der Waals surface area contributed by atoms with Crippen LogP contribution >= 0.6 is 0 Å². The van der Waals surface area contributed by atoms with Crippen molar-refractivity contribution >= 4 is 5.91 Å². The number of carbonyl (C=O) groups is 1. The first-order valence-electron chi connectivity index (χ1n) is 10.6. The van der Waals surface area contributed by atoms with E-state index in [9.17, 15) is 14.3 Å². The molecular weight excluding hydrogens is 385 g/mol. The number of ether oxygens (including phenoxy) is 2. The van der Waals surface area contributed by atoms with Crippen LogP contribution in [0.15, 0.2) is 36.4 Å². The predicted molar refractivity (Wildman–Crippen MR) is 111 cm³/mol. The standard InChI is InChI=1S/C24H28FNO4/c1-15(30-20-5-3-4-19(12-20)29-2)17-8-6-16(7-9-17)13-26-14-18-10-11-21(27)23(25)22(18)24(26)28/h3-5,10-12,15-17,27H,6-9,13-14H2,1-2H3. The first-order chi connectivity index (χ1) is 14.5. The van der Waals surface area contributed by atoms with E-state index < -0.39 is 11.6 Å². The van der Waals surface area contributed by atoms with Crippen LogP contribution in [0.3, 0.4) is 0 Å². The molecule has 0 saturated heterocycles. The summed E-state index contributed by atoms with van der Waals surface area (Å²) in [7, 11) is 1.64. The normalized spacial score (nSPS) is 22.0.